The van der Waals surface area contributed by atoms with Crippen LogP contribution in [-0.2, 0) is 14.3 Å². The first-order valence-electron chi connectivity index (χ1n) is 6.30. The largest absolute Gasteiger partial charge is 0.475 e. The number of amides is 1. The van der Waals surface area contributed by atoms with Crippen LogP contribution >= 0.6 is 0 Å². The third-order valence-electron chi connectivity index (χ3n) is 2.76. The Morgan fingerprint density at radius 1 is 1.53 bits per heavy atom. The Balaban J connectivity index is 1.82. The number of nitrogens with zero attached hydrogens (tertiary/aromatic N) is 1. The normalized spacial score (nSPS) is 18.3. The lowest BCUT2D eigenvalue weighted by Crippen LogP contribution is -2.26. The molecule has 2 heterocycles. The molecule has 1 N–H and O–H groups in total. The van der Waals surface area contributed by atoms with Gasteiger partial charge in [0.15, 0.2) is 0 Å². The summed E-state index contributed by atoms with van der Waals surface area (Å²) in [5.74, 6) is 0.388. The Labute approximate surface area is 112 Å². The number of hydrogen-bond donors (Lipinski definition) is 1. The van der Waals surface area contributed by atoms with E-state index in [1.165, 1.54) is 0 Å². The highest BCUT2D eigenvalue weighted by molar-refractivity contribution is 5.94. The van der Waals surface area contributed by atoms with Gasteiger partial charge in [-0.1, -0.05) is 0 Å². The Kier molecular flexibility index (Phi) is 5.11. The molecular weight excluding hydrogens is 248 g/mol. The van der Waals surface area contributed by atoms with Crippen molar-refractivity contribution in [3.8, 4) is 5.88 Å². The Morgan fingerprint density at radius 2 is 2.42 bits per heavy atom. The molecule has 0 aliphatic carbocycles. The second-order valence-electron chi connectivity index (χ2n) is 4.22. The lowest BCUT2D eigenvalue weighted by atomic mass is 10.2. The fraction of sp³-hybridized carbons (Fsp3) is 0.538. The molecule has 0 radical (unpaired) electrons. The van der Waals surface area contributed by atoms with E-state index in [1.54, 1.807) is 25.4 Å². The summed E-state index contributed by atoms with van der Waals surface area (Å²) in [6.45, 7) is 1.62. The zero-order valence-corrected chi connectivity index (χ0v) is 10.9. The molecule has 1 aliphatic rings. The van der Waals surface area contributed by atoms with Gasteiger partial charge in [0, 0.05) is 19.8 Å². The second-order valence-corrected chi connectivity index (χ2v) is 4.22. The van der Waals surface area contributed by atoms with E-state index in [2.05, 4.69) is 10.3 Å². The van der Waals surface area contributed by atoms with E-state index >= 15 is 0 Å². The predicted molar refractivity (Wildman–Crippen MR) is 69.2 cm³/mol. The molecule has 104 valence electrons. The van der Waals surface area contributed by atoms with Gasteiger partial charge in [0.2, 0.25) is 5.88 Å². The van der Waals surface area contributed by atoms with Crippen molar-refractivity contribution < 1.29 is 19.0 Å². The van der Waals surface area contributed by atoms with Crippen molar-refractivity contribution in [2.45, 2.75) is 18.9 Å². The van der Waals surface area contributed by atoms with Gasteiger partial charge in [0.25, 0.3) is 5.91 Å². The summed E-state index contributed by atoms with van der Waals surface area (Å²) in [5.41, 5.74) is 0.639. The van der Waals surface area contributed by atoms with Crippen LogP contribution in [0.4, 0.5) is 5.69 Å². The molecule has 1 fully saturated rings. The van der Waals surface area contributed by atoms with Gasteiger partial charge in [-0.3, -0.25) is 4.79 Å². The molecular formula is C13H18N2O4. The number of rotatable bonds is 6. The number of methoxy groups -OCH3 is 1. The maximum atomic E-state index is 11.8. The highest BCUT2D eigenvalue weighted by atomic mass is 16.5. The van der Waals surface area contributed by atoms with Crippen LogP contribution in [0, 0.1) is 0 Å². The van der Waals surface area contributed by atoms with Crippen LogP contribution in [0.15, 0.2) is 18.3 Å². The fourth-order valence-electron chi connectivity index (χ4n) is 1.78. The third-order valence-corrected chi connectivity index (χ3v) is 2.76. The number of anilines is 1. The van der Waals surface area contributed by atoms with Crippen LogP contribution in [-0.4, -0.2) is 43.9 Å². The minimum absolute atomic E-state index is 0.118. The summed E-state index contributed by atoms with van der Waals surface area (Å²) in [6, 6.07) is 3.46. The van der Waals surface area contributed by atoms with Gasteiger partial charge in [0.1, 0.15) is 12.7 Å². The van der Waals surface area contributed by atoms with E-state index in [0.29, 0.717) is 31.4 Å². The van der Waals surface area contributed by atoms with Crippen molar-refractivity contribution in [1.29, 1.82) is 0 Å². The number of hydrogen-bond acceptors (Lipinski definition) is 5. The van der Waals surface area contributed by atoms with Gasteiger partial charge >= 0.3 is 0 Å². The lowest BCUT2D eigenvalue weighted by molar-refractivity contribution is -0.124. The van der Waals surface area contributed by atoms with E-state index in [4.69, 9.17) is 14.2 Å². The Hall–Kier alpha value is -1.66. The summed E-state index contributed by atoms with van der Waals surface area (Å²) in [5, 5.41) is 2.77. The fourth-order valence-corrected chi connectivity index (χ4v) is 1.78. The Morgan fingerprint density at radius 3 is 3.05 bits per heavy atom. The molecule has 0 saturated carbocycles. The van der Waals surface area contributed by atoms with Gasteiger partial charge in [-0.25, -0.2) is 4.98 Å². The van der Waals surface area contributed by atoms with Crippen LogP contribution in [0.3, 0.4) is 0 Å². The number of nitrogens with one attached hydrogen (secondary N) is 1. The van der Waals surface area contributed by atoms with Gasteiger partial charge in [-0.05, 0) is 18.9 Å². The highest BCUT2D eigenvalue weighted by Gasteiger charge is 2.23. The van der Waals surface area contributed by atoms with Crippen LogP contribution in [0.5, 0.6) is 5.88 Å². The zero-order chi connectivity index (χ0) is 13.5. The quantitative estimate of drug-likeness (QED) is 0.784. The third kappa shape index (κ3) is 4.18. The van der Waals surface area contributed by atoms with E-state index in [0.717, 1.165) is 12.8 Å². The predicted octanol–water partition coefficient (Wildman–Crippen LogP) is 1.22. The van der Waals surface area contributed by atoms with E-state index < -0.39 is 0 Å². The first-order chi connectivity index (χ1) is 9.29. The molecule has 0 bridgehead atoms. The van der Waals surface area contributed by atoms with E-state index in [9.17, 15) is 4.79 Å². The van der Waals surface area contributed by atoms with Crippen molar-refractivity contribution in [3.05, 3.63) is 18.3 Å². The first kappa shape index (κ1) is 13.8. The average Bonchev–Trinajstić information content (AvgIpc) is 2.95. The standard InChI is InChI=1S/C13H18N2O4/c1-17-7-8-19-12-5-4-10(9-14-12)15-13(16)11-3-2-6-18-11/h4-5,9,11H,2-3,6-8H2,1H3,(H,15,16)/t11-/m1/s1. The van der Waals surface area contributed by atoms with Crippen LogP contribution in [0.25, 0.3) is 0 Å². The molecule has 6 nitrogen and oxygen atoms in total. The summed E-state index contributed by atoms with van der Waals surface area (Å²) in [7, 11) is 1.61. The smallest absolute Gasteiger partial charge is 0.253 e. The molecule has 0 unspecified atom stereocenters. The summed E-state index contributed by atoms with van der Waals surface area (Å²) in [6.07, 6.45) is 2.94. The zero-order valence-electron chi connectivity index (χ0n) is 10.9. The maximum absolute atomic E-state index is 11.8. The minimum atomic E-state index is -0.336. The van der Waals surface area contributed by atoms with Gasteiger partial charge < -0.3 is 19.5 Å². The highest BCUT2D eigenvalue weighted by Crippen LogP contribution is 2.16. The van der Waals surface area contributed by atoms with E-state index in [-0.39, 0.29) is 12.0 Å². The molecule has 19 heavy (non-hydrogen) atoms. The van der Waals surface area contributed by atoms with Gasteiger partial charge in [-0.15, -0.1) is 0 Å². The average molecular weight is 266 g/mol. The second kappa shape index (κ2) is 7.06. The molecule has 1 aliphatic heterocycles. The van der Waals surface area contributed by atoms with Crippen molar-refractivity contribution >= 4 is 11.6 Å². The number of ether oxygens (including phenoxy) is 3. The minimum Gasteiger partial charge on any atom is -0.475 e. The monoisotopic (exact) mass is 266 g/mol. The van der Waals surface area contributed by atoms with E-state index in [1.807, 2.05) is 0 Å². The molecule has 0 aromatic carbocycles. The summed E-state index contributed by atoms with van der Waals surface area (Å²) in [4.78, 5) is 15.9. The van der Waals surface area contributed by atoms with Crippen molar-refractivity contribution in [1.82, 2.24) is 4.98 Å². The van der Waals surface area contributed by atoms with Crippen molar-refractivity contribution in [3.63, 3.8) is 0 Å². The molecule has 2 rings (SSSR count). The van der Waals surface area contributed by atoms with Crippen LogP contribution < -0.4 is 10.1 Å². The lowest BCUT2D eigenvalue weighted by Gasteiger charge is -2.10. The van der Waals surface area contributed by atoms with Gasteiger partial charge in [-0.2, -0.15) is 0 Å². The molecule has 0 spiro atoms. The molecule has 1 aromatic rings. The topological polar surface area (TPSA) is 69.7 Å². The first-order valence-corrected chi connectivity index (χ1v) is 6.30. The molecule has 1 saturated heterocycles. The van der Waals surface area contributed by atoms with Crippen molar-refractivity contribution in [2.75, 3.05) is 32.2 Å². The SMILES string of the molecule is COCCOc1ccc(NC(=O)[C@H]2CCCO2)cn1. The molecule has 6 heteroatoms. The summed E-state index contributed by atoms with van der Waals surface area (Å²) >= 11 is 0. The number of pyridine rings is 1. The number of aromatic nitrogens is 1. The molecule has 1 aromatic heterocycles. The number of carbonyl (C=O) groups excluding carboxylic acids is 1. The molecule has 1 atom stereocenters. The van der Waals surface area contributed by atoms with Crippen LogP contribution in [0.1, 0.15) is 12.8 Å². The maximum Gasteiger partial charge on any atom is 0.253 e. The summed E-state index contributed by atoms with van der Waals surface area (Å²) < 4.78 is 15.5. The van der Waals surface area contributed by atoms with Crippen LogP contribution in [0.2, 0.25) is 0 Å². The van der Waals surface area contributed by atoms with Crippen molar-refractivity contribution in [2.24, 2.45) is 0 Å². The Bertz CT molecular complexity index is 402. The number of carbonyl (C=O) groups is 1. The van der Waals surface area contributed by atoms with Gasteiger partial charge in [0.05, 0.1) is 18.5 Å². The molecule has 1 amide bonds.